The largest absolute Gasteiger partial charge is 0.491 e. The summed E-state index contributed by atoms with van der Waals surface area (Å²) >= 11 is 0. The van der Waals surface area contributed by atoms with Gasteiger partial charge in [-0.25, -0.2) is 14.4 Å². The summed E-state index contributed by atoms with van der Waals surface area (Å²) in [5.74, 6) is 0.916. The van der Waals surface area contributed by atoms with Gasteiger partial charge in [0.15, 0.2) is 11.6 Å². The summed E-state index contributed by atoms with van der Waals surface area (Å²) in [7, 11) is 0. The molecule has 0 aliphatic rings. The third-order valence-corrected chi connectivity index (χ3v) is 6.75. The maximum atomic E-state index is 15.9. The van der Waals surface area contributed by atoms with Gasteiger partial charge in [0.25, 0.3) is 0 Å². The number of H-pyrrole nitrogens is 1. The molecule has 2 heterocycles. The third kappa shape index (κ3) is 5.05. The predicted molar refractivity (Wildman–Crippen MR) is 152 cm³/mol. The van der Waals surface area contributed by atoms with Crippen LogP contribution in [0.1, 0.15) is 49.3 Å². The van der Waals surface area contributed by atoms with Crippen LogP contribution < -0.4 is 15.8 Å². The molecule has 0 amide bonds. The number of rotatable bonds is 9. The standard InChI is InChI=1S/C31H32FN5O/c1-4-19-8-7-9-22(14-19)26-18-35-31(37-26)29(25-15-20(5-2)16-27(28(25)32)38-6-3)36-23-10-11-24-21(17-23)12-13-34-30(24)33/h7-18,29,36H,4-6H2,1-3H3,(H2,33,34)(H,35,37). The molecule has 0 spiro atoms. The lowest BCUT2D eigenvalue weighted by Gasteiger charge is -2.22. The number of nitrogens with one attached hydrogen (secondary N) is 2. The second kappa shape index (κ2) is 10.9. The third-order valence-electron chi connectivity index (χ3n) is 6.75. The zero-order valence-electron chi connectivity index (χ0n) is 21.9. The number of nitrogen functional groups attached to an aromatic ring is 1. The average Bonchev–Trinajstić information content (AvgIpc) is 3.43. The molecule has 0 fully saturated rings. The number of anilines is 2. The van der Waals surface area contributed by atoms with Crippen LogP contribution in [0.4, 0.5) is 15.9 Å². The summed E-state index contributed by atoms with van der Waals surface area (Å²) in [6.45, 7) is 6.40. The molecule has 7 heteroatoms. The molecule has 4 N–H and O–H groups in total. The fourth-order valence-electron chi connectivity index (χ4n) is 4.69. The number of fused-ring (bicyclic) bond motifs is 1. The topological polar surface area (TPSA) is 88.8 Å². The van der Waals surface area contributed by atoms with E-state index in [4.69, 9.17) is 15.5 Å². The number of aromatic nitrogens is 3. The van der Waals surface area contributed by atoms with Crippen LogP contribution in [0.25, 0.3) is 22.0 Å². The Kier molecular flexibility index (Phi) is 7.26. The minimum absolute atomic E-state index is 0.244. The van der Waals surface area contributed by atoms with E-state index in [1.54, 1.807) is 12.3 Å². The van der Waals surface area contributed by atoms with E-state index in [-0.39, 0.29) is 5.75 Å². The van der Waals surface area contributed by atoms with Crippen molar-refractivity contribution in [1.29, 1.82) is 0 Å². The molecule has 5 aromatic rings. The molecule has 3 aromatic carbocycles. The van der Waals surface area contributed by atoms with Crippen molar-refractivity contribution in [3.63, 3.8) is 0 Å². The van der Waals surface area contributed by atoms with Gasteiger partial charge in [0, 0.05) is 34.6 Å². The number of nitrogens with two attached hydrogens (primary N) is 1. The van der Waals surface area contributed by atoms with Crippen molar-refractivity contribution < 1.29 is 9.13 Å². The highest BCUT2D eigenvalue weighted by Crippen LogP contribution is 2.35. The Balaban J connectivity index is 1.62. The van der Waals surface area contributed by atoms with Crippen LogP contribution in [0.3, 0.4) is 0 Å². The van der Waals surface area contributed by atoms with Gasteiger partial charge in [0.05, 0.1) is 12.3 Å². The Morgan fingerprint density at radius 2 is 1.84 bits per heavy atom. The van der Waals surface area contributed by atoms with E-state index < -0.39 is 11.9 Å². The van der Waals surface area contributed by atoms with E-state index in [0.717, 1.165) is 46.1 Å². The first kappa shape index (κ1) is 25.3. The molecule has 0 bridgehead atoms. The Bertz CT molecular complexity index is 1580. The van der Waals surface area contributed by atoms with E-state index >= 15 is 4.39 Å². The fraction of sp³-hybridized carbons (Fsp3) is 0.226. The molecule has 1 atom stereocenters. The second-order valence-corrected chi connectivity index (χ2v) is 9.22. The van der Waals surface area contributed by atoms with Gasteiger partial charge in [-0.1, -0.05) is 38.1 Å². The maximum Gasteiger partial charge on any atom is 0.170 e. The normalized spacial score (nSPS) is 12.0. The van der Waals surface area contributed by atoms with E-state index in [0.29, 0.717) is 23.8 Å². The predicted octanol–water partition coefficient (Wildman–Crippen LogP) is 7.07. The van der Waals surface area contributed by atoms with Gasteiger partial charge in [-0.15, -0.1) is 0 Å². The molecular weight excluding hydrogens is 477 g/mol. The van der Waals surface area contributed by atoms with Gasteiger partial charge in [0.2, 0.25) is 0 Å². The zero-order chi connectivity index (χ0) is 26.6. The molecule has 5 rings (SSSR count). The first-order valence-corrected chi connectivity index (χ1v) is 13.0. The summed E-state index contributed by atoms with van der Waals surface area (Å²) in [6.07, 6.45) is 5.24. The molecule has 0 saturated carbocycles. The van der Waals surface area contributed by atoms with Crippen LogP contribution in [-0.4, -0.2) is 21.6 Å². The first-order valence-electron chi connectivity index (χ1n) is 13.0. The highest BCUT2D eigenvalue weighted by molar-refractivity contribution is 5.93. The number of aryl methyl sites for hydroxylation is 2. The Morgan fingerprint density at radius 3 is 2.63 bits per heavy atom. The van der Waals surface area contributed by atoms with Gasteiger partial charge >= 0.3 is 0 Å². The summed E-state index contributed by atoms with van der Waals surface area (Å²) in [6, 6.07) is 19.1. The van der Waals surface area contributed by atoms with Gasteiger partial charge in [0.1, 0.15) is 17.7 Å². The van der Waals surface area contributed by atoms with Crippen molar-refractivity contribution >= 4 is 22.3 Å². The van der Waals surface area contributed by atoms with Gasteiger partial charge in [-0.3, -0.25) is 0 Å². The van der Waals surface area contributed by atoms with Crippen LogP contribution >= 0.6 is 0 Å². The minimum atomic E-state index is -0.597. The number of hydrogen-bond acceptors (Lipinski definition) is 5. The monoisotopic (exact) mass is 509 g/mol. The average molecular weight is 510 g/mol. The molecule has 38 heavy (non-hydrogen) atoms. The lowest BCUT2D eigenvalue weighted by Crippen LogP contribution is -2.17. The van der Waals surface area contributed by atoms with Gasteiger partial charge in [-0.2, -0.15) is 0 Å². The van der Waals surface area contributed by atoms with E-state index in [2.05, 4.69) is 34.3 Å². The number of halogens is 1. The molecule has 1 unspecified atom stereocenters. The van der Waals surface area contributed by atoms with Crippen molar-refractivity contribution in [2.45, 2.75) is 39.7 Å². The quantitative estimate of drug-likeness (QED) is 0.198. The van der Waals surface area contributed by atoms with E-state index in [1.165, 1.54) is 5.56 Å². The van der Waals surface area contributed by atoms with Gasteiger partial charge < -0.3 is 20.8 Å². The maximum absolute atomic E-state index is 15.9. The molecule has 194 valence electrons. The summed E-state index contributed by atoms with van der Waals surface area (Å²) in [4.78, 5) is 12.4. The van der Waals surface area contributed by atoms with Crippen molar-refractivity contribution in [1.82, 2.24) is 15.0 Å². The van der Waals surface area contributed by atoms with Crippen LogP contribution in [-0.2, 0) is 12.8 Å². The highest BCUT2D eigenvalue weighted by Gasteiger charge is 2.25. The Morgan fingerprint density at radius 1 is 1.00 bits per heavy atom. The van der Waals surface area contributed by atoms with E-state index in [9.17, 15) is 0 Å². The molecule has 0 aliphatic heterocycles. The molecule has 6 nitrogen and oxygen atoms in total. The first-order chi connectivity index (χ1) is 18.5. The smallest absolute Gasteiger partial charge is 0.170 e. The Labute approximate surface area is 222 Å². The van der Waals surface area contributed by atoms with E-state index in [1.807, 2.05) is 62.5 Å². The van der Waals surface area contributed by atoms with Crippen LogP contribution in [0.15, 0.2) is 73.1 Å². The minimum Gasteiger partial charge on any atom is -0.491 e. The summed E-state index contributed by atoms with van der Waals surface area (Å²) in [5, 5.41) is 5.33. The number of hydrogen-bond donors (Lipinski definition) is 3. The zero-order valence-corrected chi connectivity index (χ0v) is 21.9. The molecule has 0 radical (unpaired) electrons. The fourth-order valence-corrected chi connectivity index (χ4v) is 4.69. The second-order valence-electron chi connectivity index (χ2n) is 9.22. The van der Waals surface area contributed by atoms with Crippen molar-refractivity contribution in [3.8, 4) is 17.0 Å². The molecule has 2 aromatic heterocycles. The number of pyridine rings is 1. The van der Waals surface area contributed by atoms with Crippen molar-refractivity contribution in [2.75, 3.05) is 17.7 Å². The number of imidazole rings is 1. The van der Waals surface area contributed by atoms with Crippen molar-refractivity contribution in [2.24, 2.45) is 0 Å². The number of aromatic amines is 1. The molecule has 0 saturated heterocycles. The Hall–Kier alpha value is -4.39. The van der Waals surface area contributed by atoms with Crippen LogP contribution in [0.5, 0.6) is 5.75 Å². The van der Waals surface area contributed by atoms with Crippen molar-refractivity contribution in [3.05, 3.63) is 101 Å². The van der Waals surface area contributed by atoms with Crippen LogP contribution in [0.2, 0.25) is 0 Å². The highest BCUT2D eigenvalue weighted by atomic mass is 19.1. The van der Waals surface area contributed by atoms with Gasteiger partial charge in [-0.05, 0) is 72.7 Å². The SMILES string of the molecule is CCOc1cc(CC)cc(C(Nc2ccc3c(N)nccc3c2)c2nc(-c3cccc(CC)c3)c[nH]2)c1F. The van der Waals surface area contributed by atoms with Crippen LogP contribution in [0, 0.1) is 5.82 Å². The lowest BCUT2D eigenvalue weighted by molar-refractivity contribution is 0.319. The number of benzene rings is 3. The molecule has 0 aliphatic carbocycles. The lowest BCUT2D eigenvalue weighted by atomic mass is 9.99. The summed E-state index contributed by atoms with van der Waals surface area (Å²) < 4.78 is 21.6. The summed E-state index contributed by atoms with van der Waals surface area (Å²) in [5.41, 5.74) is 11.4. The number of ether oxygens (including phenoxy) is 1. The molecular formula is C31H32FN5O. The number of nitrogens with zero attached hydrogens (tertiary/aromatic N) is 2.